The van der Waals surface area contributed by atoms with Crippen molar-refractivity contribution in [1.82, 2.24) is 0 Å². The standard InChI is InChI=1S/C30H30N2O6/c1-18(2)38-23-7-5-6-19(16-23)27-26(28(33)20-8-13-24-25(17-20)37-15-14-36-24)29(34)30(35)32(27)22-11-9-21(10-12-22)31(3)4/h5-13,16-18,27,33H,14-15H2,1-4H3/b28-26-. The maximum Gasteiger partial charge on any atom is 0.300 e. The zero-order valence-electron chi connectivity index (χ0n) is 21.8. The molecule has 1 amide bonds. The summed E-state index contributed by atoms with van der Waals surface area (Å²) in [6, 6.07) is 18.7. The van der Waals surface area contributed by atoms with Gasteiger partial charge in [0.1, 0.15) is 24.7 Å². The number of anilines is 2. The summed E-state index contributed by atoms with van der Waals surface area (Å²) in [7, 11) is 3.85. The van der Waals surface area contributed by atoms with Gasteiger partial charge in [-0.25, -0.2) is 0 Å². The minimum absolute atomic E-state index is 0.00920. The van der Waals surface area contributed by atoms with Gasteiger partial charge >= 0.3 is 0 Å². The molecule has 1 unspecified atom stereocenters. The third-order valence-corrected chi connectivity index (χ3v) is 6.45. The molecule has 0 bridgehead atoms. The summed E-state index contributed by atoms with van der Waals surface area (Å²) in [5.74, 6) is -0.142. The summed E-state index contributed by atoms with van der Waals surface area (Å²) < 4.78 is 17.1. The molecule has 0 aromatic heterocycles. The average Bonchev–Trinajstić information content (AvgIpc) is 3.18. The van der Waals surface area contributed by atoms with E-state index in [1.807, 2.05) is 63.2 Å². The lowest BCUT2D eigenvalue weighted by Crippen LogP contribution is -2.29. The molecule has 1 fully saturated rings. The third-order valence-electron chi connectivity index (χ3n) is 6.45. The van der Waals surface area contributed by atoms with Gasteiger partial charge in [-0.3, -0.25) is 14.5 Å². The number of nitrogens with zero attached hydrogens (tertiary/aromatic N) is 2. The van der Waals surface area contributed by atoms with Crippen LogP contribution in [-0.2, 0) is 9.59 Å². The number of aliphatic hydroxyl groups excluding tert-OH is 1. The number of amides is 1. The number of carbonyl (C=O) groups is 2. The van der Waals surface area contributed by atoms with Gasteiger partial charge in [-0.15, -0.1) is 0 Å². The van der Waals surface area contributed by atoms with Gasteiger partial charge in [0.15, 0.2) is 11.5 Å². The molecule has 196 valence electrons. The highest BCUT2D eigenvalue weighted by atomic mass is 16.6. The molecule has 0 radical (unpaired) electrons. The Balaban J connectivity index is 1.67. The summed E-state index contributed by atoms with van der Waals surface area (Å²) in [4.78, 5) is 30.4. The van der Waals surface area contributed by atoms with Crippen LogP contribution >= 0.6 is 0 Å². The van der Waals surface area contributed by atoms with E-state index in [2.05, 4.69) is 0 Å². The fraction of sp³-hybridized carbons (Fsp3) is 0.267. The largest absolute Gasteiger partial charge is 0.507 e. The van der Waals surface area contributed by atoms with Crippen molar-refractivity contribution in [2.75, 3.05) is 37.1 Å². The van der Waals surface area contributed by atoms with Crippen molar-refractivity contribution < 1.29 is 28.9 Å². The summed E-state index contributed by atoms with van der Waals surface area (Å²) in [5.41, 5.74) is 2.47. The molecule has 0 aliphatic carbocycles. The molecule has 1 saturated heterocycles. The highest BCUT2D eigenvalue weighted by Crippen LogP contribution is 2.44. The first-order chi connectivity index (χ1) is 18.2. The number of Topliss-reactive ketones (excluding diaryl/α,β-unsaturated/α-hetero) is 1. The maximum absolute atomic E-state index is 13.5. The molecular formula is C30H30N2O6. The second-order valence-corrected chi connectivity index (χ2v) is 9.68. The Morgan fingerprint density at radius 3 is 2.37 bits per heavy atom. The number of benzene rings is 3. The highest BCUT2D eigenvalue weighted by Gasteiger charge is 2.47. The Hall–Kier alpha value is -4.46. The monoisotopic (exact) mass is 514 g/mol. The van der Waals surface area contributed by atoms with E-state index in [1.54, 1.807) is 36.4 Å². The summed E-state index contributed by atoms with van der Waals surface area (Å²) in [6.45, 7) is 4.66. The molecule has 8 nitrogen and oxygen atoms in total. The van der Waals surface area contributed by atoms with Gasteiger partial charge in [-0.2, -0.15) is 0 Å². The van der Waals surface area contributed by atoms with Crippen LogP contribution < -0.4 is 24.0 Å². The zero-order chi connectivity index (χ0) is 27.0. The number of hydrogen-bond donors (Lipinski definition) is 1. The van der Waals surface area contributed by atoms with Crippen molar-refractivity contribution in [2.24, 2.45) is 0 Å². The lowest BCUT2D eigenvalue weighted by atomic mass is 9.94. The van der Waals surface area contributed by atoms with Gasteiger partial charge in [0.05, 0.1) is 17.7 Å². The number of hydrogen-bond acceptors (Lipinski definition) is 7. The van der Waals surface area contributed by atoms with Gasteiger partial charge in [0.25, 0.3) is 11.7 Å². The Morgan fingerprint density at radius 2 is 1.68 bits per heavy atom. The molecule has 3 aromatic carbocycles. The Bertz CT molecular complexity index is 1410. The van der Waals surface area contributed by atoms with Crippen molar-refractivity contribution in [1.29, 1.82) is 0 Å². The summed E-state index contributed by atoms with van der Waals surface area (Å²) >= 11 is 0. The van der Waals surface area contributed by atoms with E-state index in [0.29, 0.717) is 47.3 Å². The SMILES string of the molecule is CC(C)Oc1cccc(C2/C(=C(/O)c3ccc4c(c3)OCCO4)C(=O)C(=O)N2c2ccc(N(C)C)cc2)c1. The van der Waals surface area contributed by atoms with Crippen molar-refractivity contribution in [3.63, 3.8) is 0 Å². The van der Waals surface area contributed by atoms with Gasteiger partial charge in [0.2, 0.25) is 0 Å². The minimum atomic E-state index is -0.871. The van der Waals surface area contributed by atoms with Crippen molar-refractivity contribution in [3.8, 4) is 17.2 Å². The van der Waals surface area contributed by atoms with E-state index in [0.717, 1.165) is 5.69 Å². The number of aliphatic hydroxyl groups is 1. The lowest BCUT2D eigenvalue weighted by molar-refractivity contribution is -0.132. The molecule has 38 heavy (non-hydrogen) atoms. The van der Waals surface area contributed by atoms with E-state index < -0.39 is 17.7 Å². The second-order valence-electron chi connectivity index (χ2n) is 9.68. The van der Waals surface area contributed by atoms with Crippen LogP contribution in [0.1, 0.15) is 31.0 Å². The molecule has 2 aliphatic rings. The number of rotatable bonds is 6. The fourth-order valence-corrected chi connectivity index (χ4v) is 4.70. The molecule has 0 spiro atoms. The van der Waals surface area contributed by atoms with Gasteiger partial charge in [-0.05, 0) is 74.0 Å². The van der Waals surface area contributed by atoms with Gasteiger partial charge in [0, 0.05) is 31.0 Å². The molecule has 3 aromatic rings. The summed E-state index contributed by atoms with van der Waals surface area (Å²) in [5, 5.41) is 11.5. The zero-order valence-corrected chi connectivity index (χ0v) is 21.8. The minimum Gasteiger partial charge on any atom is -0.507 e. The number of ether oxygens (including phenoxy) is 3. The first-order valence-corrected chi connectivity index (χ1v) is 12.5. The average molecular weight is 515 g/mol. The topological polar surface area (TPSA) is 88.5 Å². The van der Waals surface area contributed by atoms with Crippen LogP contribution in [0.3, 0.4) is 0 Å². The number of fused-ring (bicyclic) bond motifs is 1. The highest BCUT2D eigenvalue weighted by molar-refractivity contribution is 6.51. The van der Waals surface area contributed by atoms with Gasteiger partial charge < -0.3 is 24.2 Å². The van der Waals surface area contributed by atoms with Crippen LogP contribution in [0.15, 0.2) is 72.3 Å². The van der Waals surface area contributed by atoms with E-state index >= 15 is 0 Å². The molecule has 1 atom stereocenters. The Morgan fingerprint density at radius 1 is 0.974 bits per heavy atom. The third kappa shape index (κ3) is 4.65. The number of carbonyl (C=O) groups excluding carboxylic acids is 2. The molecule has 1 N–H and O–H groups in total. The second kappa shape index (κ2) is 10.1. The first-order valence-electron chi connectivity index (χ1n) is 12.5. The van der Waals surface area contributed by atoms with E-state index in [4.69, 9.17) is 14.2 Å². The predicted molar refractivity (Wildman–Crippen MR) is 145 cm³/mol. The quantitative estimate of drug-likeness (QED) is 0.283. The predicted octanol–water partition coefficient (Wildman–Crippen LogP) is 4.94. The maximum atomic E-state index is 13.5. The van der Waals surface area contributed by atoms with Crippen molar-refractivity contribution in [3.05, 3.63) is 83.4 Å². The normalized spacial score (nSPS) is 18.1. The first kappa shape index (κ1) is 25.2. The van der Waals surface area contributed by atoms with Crippen molar-refractivity contribution >= 4 is 28.8 Å². The smallest absolute Gasteiger partial charge is 0.300 e. The van der Waals surface area contributed by atoms with E-state index in [-0.39, 0.29) is 17.4 Å². The molecule has 2 aliphatic heterocycles. The van der Waals surface area contributed by atoms with Gasteiger partial charge in [-0.1, -0.05) is 12.1 Å². The molecular weight excluding hydrogens is 484 g/mol. The molecule has 0 saturated carbocycles. The summed E-state index contributed by atoms with van der Waals surface area (Å²) in [6.07, 6.45) is -0.0621. The molecule has 5 rings (SSSR count). The van der Waals surface area contributed by atoms with Crippen LogP contribution in [-0.4, -0.2) is 50.2 Å². The van der Waals surface area contributed by atoms with Crippen LogP contribution in [0.25, 0.3) is 5.76 Å². The van der Waals surface area contributed by atoms with E-state index in [1.165, 1.54) is 4.90 Å². The number of ketones is 1. The van der Waals surface area contributed by atoms with Crippen LogP contribution in [0.4, 0.5) is 11.4 Å². The molecule has 2 heterocycles. The fourth-order valence-electron chi connectivity index (χ4n) is 4.70. The Labute approximate surface area is 221 Å². The van der Waals surface area contributed by atoms with E-state index in [9.17, 15) is 14.7 Å². The van der Waals surface area contributed by atoms with Crippen molar-refractivity contribution in [2.45, 2.75) is 26.0 Å². The van der Waals surface area contributed by atoms with Crippen LogP contribution in [0.5, 0.6) is 17.2 Å². The molecule has 8 heteroatoms. The lowest BCUT2D eigenvalue weighted by Gasteiger charge is -2.26. The van der Waals surface area contributed by atoms with Crippen LogP contribution in [0.2, 0.25) is 0 Å². The Kier molecular flexibility index (Phi) is 6.72. The van der Waals surface area contributed by atoms with Crippen LogP contribution in [0, 0.1) is 0 Å².